The zero-order valence-corrected chi connectivity index (χ0v) is 12.3. The Kier molecular flexibility index (Phi) is 3.46. The molecule has 3 rings (SSSR count). The molecule has 0 aromatic heterocycles. The van der Waals surface area contributed by atoms with E-state index in [1.807, 2.05) is 4.90 Å². The zero-order valence-electron chi connectivity index (χ0n) is 12.3. The molecule has 0 atom stereocenters. The van der Waals surface area contributed by atoms with Crippen molar-refractivity contribution in [3.05, 3.63) is 0 Å². The van der Waals surface area contributed by atoms with Crippen molar-refractivity contribution in [2.75, 3.05) is 26.2 Å². The van der Waals surface area contributed by atoms with Crippen LogP contribution in [0.3, 0.4) is 0 Å². The van der Waals surface area contributed by atoms with Crippen molar-refractivity contribution in [2.45, 2.75) is 58.0 Å². The summed E-state index contributed by atoms with van der Waals surface area (Å²) in [5, 5.41) is 3.25. The second-order valence-electron chi connectivity index (χ2n) is 7.03. The SMILES string of the molecule is CC(C)N1CCC(NC(=O)N2CCC3(CC3)C2)CC1.[HH]. The van der Waals surface area contributed by atoms with Gasteiger partial charge < -0.3 is 15.1 Å². The van der Waals surface area contributed by atoms with Crippen molar-refractivity contribution < 1.29 is 6.22 Å². The number of hydrogen-bond donors (Lipinski definition) is 1. The van der Waals surface area contributed by atoms with Crippen molar-refractivity contribution in [2.24, 2.45) is 5.41 Å². The molecule has 0 aromatic carbocycles. The molecule has 0 unspecified atom stereocenters. The molecule has 2 amide bonds. The highest BCUT2D eigenvalue weighted by Crippen LogP contribution is 2.52. The Balaban J connectivity index is 0.00000147. The van der Waals surface area contributed by atoms with Crippen molar-refractivity contribution in [3.63, 3.8) is 0 Å². The Labute approximate surface area is 118 Å². The Hall–Kier alpha value is -0.770. The Morgan fingerprint density at radius 1 is 1.21 bits per heavy atom. The van der Waals surface area contributed by atoms with E-state index in [2.05, 4.69) is 24.1 Å². The van der Waals surface area contributed by atoms with E-state index < -0.39 is 0 Å². The van der Waals surface area contributed by atoms with Crippen LogP contribution in [-0.2, 0) is 0 Å². The van der Waals surface area contributed by atoms with E-state index in [0.29, 0.717) is 17.5 Å². The molecule has 2 heterocycles. The van der Waals surface area contributed by atoms with Crippen LogP contribution in [0.25, 0.3) is 0 Å². The largest absolute Gasteiger partial charge is 0.335 e. The van der Waals surface area contributed by atoms with Crippen LogP contribution in [0.2, 0.25) is 0 Å². The average molecular weight is 267 g/mol. The summed E-state index contributed by atoms with van der Waals surface area (Å²) in [6, 6.07) is 1.20. The van der Waals surface area contributed by atoms with Crippen molar-refractivity contribution in [3.8, 4) is 0 Å². The first-order valence-electron chi connectivity index (χ1n) is 7.87. The second kappa shape index (κ2) is 4.97. The molecule has 0 aromatic rings. The van der Waals surface area contributed by atoms with E-state index in [1.54, 1.807) is 0 Å². The predicted molar refractivity (Wildman–Crippen MR) is 78.2 cm³/mol. The van der Waals surface area contributed by atoms with Gasteiger partial charge in [0, 0.05) is 39.7 Å². The first kappa shape index (κ1) is 13.2. The van der Waals surface area contributed by atoms with Gasteiger partial charge in [0.2, 0.25) is 0 Å². The topological polar surface area (TPSA) is 35.6 Å². The maximum atomic E-state index is 12.2. The number of hydrogen-bond acceptors (Lipinski definition) is 2. The first-order chi connectivity index (χ1) is 9.08. The van der Waals surface area contributed by atoms with Gasteiger partial charge in [-0.1, -0.05) is 0 Å². The van der Waals surface area contributed by atoms with Crippen LogP contribution in [0.1, 0.15) is 47.4 Å². The fourth-order valence-corrected chi connectivity index (χ4v) is 3.52. The molecule has 1 aliphatic carbocycles. The molecule has 2 saturated heterocycles. The summed E-state index contributed by atoms with van der Waals surface area (Å²) in [6.07, 6.45) is 6.10. The van der Waals surface area contributed by atoms with E-state index in [1.165, 1.54) is 19.3 Å². The van der Waals surface area contributed by atoms with Crippen LogP contribution in [-0.4, -0.2) is 54.1 Å². The lowest BCUT2D eigenvalue weighted by Gasteiger charge is -2.35. The standard InChI is InChI=1S/C15H27N3O.H2/c1-12(2)17-8-3-13(4-9-17)16-14(19)18-10-7-15(11-18)5-6-15;/h12-13H,3-11H2,1-2H3,(H,16,19);1H. The molecular formula is C15H29N3O. The van der Waals surface area contributed by atoms with E-state index in [0.717, 1.165) is 39.0 Å². The molecule has 3 fully saturated rings. The second-order valence-corrected chi connectivity index (χ2v) is 7.03. The van der Waals surface area contributed by atoms with Crippen LogP contribution in [0, 0.1) is 5.41 Å². The fourth-order valence-electron chi connectivity index (χ4n) is 3.52. The van der Waals surface area contributed by atoms with Gasteiger partial charge in [-0.25, -0.2) is 4.79 Å². The van der Waals surface area contributed by atoms with Crippen molar-refractivity contribution in [1.82, 2.24) is 15.1 Å². The summed E-state index contributed by atoms with van der Waals surface area (Å²) in [5.41, 5.74) is 0.540. The zero-order chi connectivity index (χ0) is 13.5. The number of urea groups is 1. The monoisotopic (exact) mass is 267 g/mol. The highest BCUT2D eigenvalue weighted by molar-refractivity contribution is 5.75. The van der Waals surface area contributed by atoms with E-state index in [9.17, 15) is 4.79 Å². The van der Waals surface area contributed by atoms with Crippen LogP contribution in [0.4, 0.5) is 4.79 Å². The van der Waals surface area contributed by atoms with Gasteiger partial charge in [-0.3, -0.25) is 0 Å². The summed E-state index contributed by atoms with van der Waals surface area (Å²) in [6.45, 7) is 8.70. The number of likely N-dealkylation sites (tertiary alicyclic amines) is 2. The van der Waals surface area contributed by atoms with Gasteiger partial charge >= 0.3 is 6.03 Å². The van der Waals surface area contributed by atoms with Crippen molar-refractivity contribution in [1.29, 1.82) is 0 Å². The number of rotatable bonds is 2. The highest BCUT2D eigenvalue weighted by atomic mass is 16.2. The van der Waals surface area contributed by atoms with E-state index in [4.69, 9.17) is 0 Å². The quantitative estimate of drug-likeness (QED) is 0.833. The van der Waals surface area contributed by atoms with Gasteiger partial charge in [0.25, 0.3) is 0 Å². The minimum atomic E-state index is 0. The van der Waals surface area contributed by atoms with Crippen LogP contribution in [0.15, 0.2) is 0 Å². The van der Waals surface area contributed by atoms with Gasteiger partial charge in [-0.2, -0.15) is 0 Å². The third-order valence-electron chi connectivity index (χ3n) is 5.27. The molecule has 4 heteroatoms. The lowest BCUT2D eigenvalue weighted by molar-refractivity contribution is 0.154. The number of carbonyl (C=O) groups excluding carboxylic acids is 1. The lowest BCUT2D eigenvalue weighted by atomic mass is 10.0. The average Bonchev–Trinajstić information content (AvgIpc) is 2.99. The first-order valence-corrected chi connectivity index (χ1v) is 7.87. The summed E-state index contributed by atoms with van der Waals surface area (Å²) < 4.78 is 0. The molecule has 0 radical (unpaired) electrons. The molecule has 1 N–H and O–H groups in total. The molecule has 19 heavy (non-hydrogen) atoms. The van der Waals surface area contributed by atoms with Crippen molar-refractivity contribution >= 4 is 6.03 Å². The maximum Gasteiger partial charge on any atom is 0.317 e. The molecule has 2 aliphatic heterocycles. The van der Waals surface area contributed by atoms with Gasteiger partial charge in [0.1, 0.15) is 0 Å². The number of carbonyl (C=O) groups is 1. The van der Waals surface area contributed by atoms with Gasteiger partial charge in [-0.15, -0.1) is 0 Å². The van der Waals surface area contributed by atoms with Gasteiger partial charge in [-0.05, 0) is 51.4 Å². The molecule has 3 aliphatic rings. The lowest BCUT2D eigenvalue weighted by Crippen LogP contribution is -2.49. The minimum absolute atomic E-state index is 0. The summed E-state index contributed by atoms with van der Waals surface area (Å²) >= 11 is 0. The number of nitrogens with one attached hydrogen (secondary N) is 1. The summed E-state index contributed by atoms with van der Waals surface area (Å²) in [4.78, 5) is 16.8. The molecule has 4 nitrogen and oxygen atoms in total. The highest BCUT2D eigenvalue weighted by Gasteiger charge is 2.48. The number of amides is 2. The Morgan fingerprint density at radius 3 is 2.42 bits per heavy atom. The predicted octanol–water partition coefficient (Wildman–Crippen LogP) is 2.30. The number of nitrogens with zero attached hydrogens (tertiary/aromatic N) is 2. The summed E-state index contributed by atoms with van der Waals surface area (Å²) in [7, 11) is 0. The third-order valence-corrected chi connectivity index (χ3v) is 5.27. The molecule has 1 spiro atoms. The van der Waals surface area contributed by atoms with E-state index >= 15 is 0 Å². The minimum Gasteiger partial charge on any atom is -0.335 e. The van der Waals surface area contributed by atoms with Gasteiger partial charge in [0.15, 0.2) is 0 Å². The van der Waals surface area contributed by atoms with Crippen LogP contribution in [0.5, 0.6) is 0 Å². The maximum absolute atomic E-state index is 12.2. The number of piperidine rings is 1. The molecular weight excluding hydrogens is 238 g/mol. The molecule has 0 bridgehead atoms. The Bertz CT molecular complexity index is 349. The fraction of sp³-hybridized carbons (Fsp3) is 0.933. The van der Waals surface area contributed by atoms with Gasteiger partial charge in [0.05, 0.1) is 0 Å². The summed E-state index contributed by atoms with van der Waals surface area (Å²) in [5.74, 6) is 0. The normalized spacial score (nSPS) is 27.2. The molecule has 1 saturated carbocycles. The van der Waals surface area contributed by atoms with E-state index in [-0.39, 0.29) is 7.46 Å². The molecule has 110 valence electrons. The smallest absolute Gasteiger partial charge is 0.317 e. The Morgan fingerprint density at radius 2 is 1.89 bits per heavy atom. The third kappa shape index (κ3) is 2.88. The van der Waals surface area contributed by atoms with Crippen LogP contribution < -0.4 is 5.32 Å². The van der Waals surface area contributed by atoms with Crippen LogP contribution >= 0.6 is 0 Å².